The van der Waals surface area contributed by atoms with Crippen molar-refractivity contribution in [3.05, 3.63) is 386 Å². The van der Waals surface area contributed by atoms with Crippen molar-refractivity contribution in [2.75, 3.05) is 0 Å². The number of pyridine rings is 6. The van der Waals surface area contributed by atoms with Gasteiger partial charge in [0.05, 0.1) is 159 Å². The molecule has 0 atom stereocenters. The van der Waals surface area contributed by atoms with Crippen molar-refractivity contribution in [2.24, 2.45) is 0 Å². The number of aromatic nitrogens is 13. The molecule has 23 aromatic rings. The number of halogens is 7. The number of carboxylic acid groups (broad SMARTS) is 4. The first-order chi connectivity index (χ1) is 67.7. The van der Waals surface area contributed by atoms with Crippen LogP contribution in [0.5, 0.6) is 0 Å². The zero-order valence-electron chi connectivity index (χ0n) is 71.6. The molecule has 0 unspecified atom stereocenters. The van der Waals surface area contributed by atoms with Crippen LogP contribution in [-0.2, 0) is 31.0 Å². The Morgan fingerprint density at radius 3 is 1.33 bits per heavy atom. The molecule has 15 aromatic heterocycles. The molecule has 29 nitrogen and oxygen atoms in total. The minimum atomic E-state index is -1.43. The van der Waals surface area contributed by atoms with Crippen LogP contribution in [0.25, 0.3) is 169 Å². The third-order valence-electron chi connectivity index (χ3n) is 24.4. The lowest BCUT2D eigenvalue weighted by Crippen LogP contribution is -2.14. The summed E-state index contributed by atoms with van der Waals surface area (Å²) in [5.74, 6) is -7.89. The van der Waals surface area contributed by atoms with Gasteiger partial charge in [-0.3, -0.25) is 24.0 Å². The number of hydrogen-bond acceptors (Lipinski definition) is 18. The second-order valence-corrected chi connectivity index (χ2v) is 34.3. The number of H-pyrrole nitrogens is 4. The van der Waals surface area contributed by atoms with Gasteiger partial charge in [-0.05, 0) is 133 Å². The number of fused-ring (bicyclic) bond motifs is 16. The number of aromatic carboxylic acids is 4. The third kappa shape index (κ3) is 15.3. The number of ketones is 1. The largest absolute Gasteiger partial charge is 0.477 e. The fourth-order valence-electron chi connectivity index (χ4n) is 18.5. The fourth-order valence-corrected chi connectivity index (χ4v) is 19.8. The van der Waals surface area contributed by atoms with Crippen LogP contribution < -0.4 is 22.2 Å². The number of nitrogens with zero attached hydrogens (tertiary/aromatic N) is 9. The Morgan fingerprint density at radius 2 is 0.843 bits per heavy atom. The van der Waals surface area contributed by atoms with Crippen molar-refractivity contribution in [1.82, 2.24) is 63.1 Å². The molecule has 8 N–H and O–H groups in total. The van der Waals surface area contributed by atoms with Crippen LogP contribution in [-0.4, -0.2) is 113 Å². The smallest absolute Gasteiger partial charge is 0.353 e. The third-order valence-corrected chi connectivity index (χ3v) is 26.1. The highest BCUT2D eigenvalue weighted by atomic mass is 35.5. The minimum absolute atomic E-state index is 0.0000104. The first-order valence-corrected chi connectivity index (χ1v) is 44.5. The molecule has 8 aromatic carbocycles. The lowest BCUT2D eigenvalue weighted by molar-refractivity contribution is -0.113. The summed E-state index contributed by atoms with van der Waals surface area (Å²) in [6.45, 7) is -0.186. The summed E-state index contributed by atoms with van der Waals surface area (Å²) in [7, 11) is 0. The van der Waals surface area contributed by atoms with Crippen LogP contribution in [0.15, 0.2) is 288 Å². The summed E-state index contributed by atoms with van der Waals surface area (Å²) < 4.78 is 83.7. The van der Waals surface area contributed by atoms with E-state index in [9.17, 15) is 63.6 Å². The van der Waals surface area contributed by atoms with Crippen molar-refractivity contribution in [1.29, 1.82) is 0 Å². The maximum absolute atomic E-state index is 15.1. The molecule has 688 valence electrons. The Labute approximate surface area is 797 Å². The molecule has 140 heavy (non-hydrogen) atoms. The number of thiazole rings is 1. The molecule has 0 bridgehead atoms. The Bertz CT molecular complexity index is 9630. The Balaban J connectivity index is 0.000000111. The van der Waals surface area contributed by atoms with Crippen molar-refractivity contribution < 1.29 is 75.2 Å². The van der Waals surface area contributed by atoms with Gasteiger partial charge in [0.15, 0.2) is 5.78 Å². The van der Waals surface area contributed by atoms with Gasteiger partial charge in [0, 0.05) is 104 Å². The number of allylic oxidation sites excluding steroid dienone is 4. The summed E-state index contributed by atoms with van der Waals surface area (Å²) in [5.41, 5.74) is 6.88. The van der Waals surface area contributed by atoms with Gasteiger partial charge in [0.25, 0.3) is 22.2 Å². The standard InChI is InChI=1S/C27H16ClFN2O4.C26H15ClFN3O4.C25H15ClN4O3S.C25H14F2N4O5/c28-26-15(11-14-5-1-3-7-19(14)30-26)13-31-20-12-18(29)16-9-10-35-25(16)23(20)22(24(31)27(33)34)17-6-2-4-8-21(17)32;27-20-10-13(14-4-1-2-6-18(14)30-20)12-31-19-11-17(28)15-7-9-35-24(15)22(19)21(23(31)26(33)34)16-5-3-8-29-25(16)32;26-23-14(10-13-4-1-2-6-16(13)29-23)11-30-17-7-8-18-21(28-12-34-18)20(17)19(22(30)25(32)33)15-5-3-9-27-24(15)31;26-15-7-17-14(24(33)30-10-29-17)6-11(15)9-31-18-8-16(27)12-3-5-36-22(12)20(18)19(21(31)25(34)35)13-2-1-4-28-23(13)32/h1-7,9-12H,8,13H2,(H,33,34);1-11H,12H2,(H,29,32)(H,33,34);1-10,12H,11H2,(H,27,31)(H,32,33);1-8,10H,9H2,(H,28,32)(H,34,35)(H,29,30,33). The average molecular weight is 1950 g/mol. The molecule has 0 saturated heterocycles. The van der Waals surface area contributed by atoms with E-state index >= 15 is 17.6 Å². The molecule has 0 spiro atoms. The number of nitrogens with one attached hydrogen (secondary N) is 4. The minimum Gasteiger partial charge on any atom is -0.477 e. The predicted molar refractivity (Wildman–Crippen MR) is 522 cm³/mol. The Morgan fingerprint density at radius 1 is 0.400 bits per heavy atom. The van der Waals surface area contributed by atoms with Crippen molar-refractivity contribution in [3.8, 4) is 33.4 Å². The van der Waals surface area contributed by atoms with Crippen LogP contribution in [0.3, 0.4) is 0 Å². The number of hydrogen-bond donors (Lipinski definition) is 8. The van der Waals surface area contributed by atoms with E-state index in [0.29, 0.717) is 65.6 Å². The molecule has 0 amide bonds. The predicted octanol–water partition coefficient (Wildman–Crippen LogP) is 21.8. The second-order valence-electron chi connectivity index (χ2n) is 32.3. The van der Waals surface area contributed by atoms with Gasteiger partial charge in [-0.1, -0.05) is 108 Å². The number of Topliss-reactive ketones (excluding diaryl/α,β-unsaturated/α-hetero) is 1. The van der Waals surface area contributed by atoms with Crippen LogP contribution in [0, 0.1) is 23.3 Å². The van der Waals surface area contributed by atoms with E-state index in [1.165, 1.54) is 117 Å². The van der Waals surface area contributed by atoms with Crippen LogP contribution in [0.4, 0.5) is 17.6 Å². The molecule has 1 aliphatic rings. The molecule has 0 radical (unpaired) electrons. The maximum Gasteiger partial charge on any atom is 0.353 e. The van der Waals surface area contributed by atoms with Crippen molar-refractivity contribution in [3.63, 3.8) is 0 Å². The summed E-state index contributed by atoms with van der Waals surface area (Å²) in [6.07, 6.45) is 14.6. The van der Waals surface area contributed by atoms with Gasteiger partial charge in [0.2, 0.25) is 0 Å². The van der Waals surface area contributed by atoms with Crippen LogP contribution in [0.2, 0.25) is 15.5 Å². The molecule has 24 rings (SSSR count). The molecule has 0 aliphatic heterocycles. The number of rotatable bonds is 16. The lowest BCUT2D eigenvalue weighted by Gasteiger charge is -2.12. The Hall–Kier alpha value is -17.7. The monoisotopic (exact) mass is 1950 g/mol. The summed E-state index contributed by atoms with van der Waals surface area (Å²) >= 11 is 20.7. The molecule has 0 fully saturated rings. The molecule has 0 saturated carbocycles. The molecule has 37 heteroatoms. The number of para-hydroxylation sites is 3. The Kier molecular flexibility index (Phi) is 22.5. The molecule has 15 heterocycles. The normalized spacial score (nSPS) is 12.1. The van der Waals surface area contributed by atoms with Crippen molar-refractivity contribution >= 4 is 212 Å². The number of benzene rings is 8. The van der Waals surface area contributed by atoms with E-state index in [-0.39, 0.29) is 187 Å². The molecular formula is C103H60Cl3F4N13O16S. The second kappa shape index (κ2) is 35.5. The number of furan rings is 3. The zero-order chi connectivity index (χ0) is 97.1. The highest BCUT2D eigenvalue weighted by Gasteiger charge is 2.36. The number of carbonyl (C=O) groups excluding carboxylic acids is 1. The van der Waals surface area contributed by atoms with Gasteiger partial charge in [-0.2, -0.15) is 0 Å². The highest BCUT2D eigenvalue weighted by Crippen LogP contribution is 2.47. The van der Waals surface area contributed by atoms with Gasteiger partial charge >= 0.3 is 23.9 Å². The first-order valence-electron chi connectivity index (χ1n) is 42.5. The lowest BCUT2D eigenvalue weighted by atomic mass is 9.93. The van der Waals surface area contributed by atoms with Crippen LogP contribution >= 0.6 is 46.1 Å². The number of aromatic amines is 4. The van der Waals surface area contributed by atoms with E-state index in [0.717, 1.165) is 44.8 Å². The highest BCUT2D eigenvalue weighted by molar-refractivity contribution is 7.16. The van der Waals surface area contributed by atoms with E-state index < -0.39 is 63.8 Å². The first kappa shape index (κ1) is 88.8. The van der Waals surface area contributed by atoms with E-state index in [1.54, 1.807) is 58.6 Å². The number of carboxylic acids is 4. The van der Waals surface area contributed by atoms with Gasteiger partial charge in [-0.15, -0.1) is 11.3 Å². The summed E-state index contributed by atoms with van der Waals surface area (Å²) in [4.78, 5) is 146. The van der Waals surface area contributed by atoms with Gasteiger partial charge < -0.3 is 71.9 Å². The fraction of sp³-hybridized carbons (Fsp3) is 0.0485. The number of carbonyl (C=O) groups is 5. The average Bonchev–Trinajstić information content (AvgIpc) is 1.57. The van der Waals surface area contributed by atoms with Crippen LogP contribution in [0.1, 0.15) is 76.2 Å². The summed E-state index contributed by atoms with van der Waals surface area (Å²) in [6, 6.07) is 51.3. The topological polar surface area (TPSA) is 421 Å². The van der Waals surface area contributed by atoms with E-state index in [4.69, 9.17) is 48.1 Å². The van der Waals surface area contributed by atoms with E-state index in [2.05, 4.69) is 44.9 Å². The van der Waals surface area contributed by atoms with Gasteiger partial charge in [0.1, 0.15) is 78.3 Å². The van der Waals surface area contributed by atoms with Gasteiger partial charge in [-0.25, -0.2) is 61.7 Å². The zero-order valence-corrected chi connectivity index (χ0v) is 74.6. The van der Waals surface area contributed by atoms with Crippen molar-refractivity contribution in [2.45, 2.75) is 32.6 Å². The van der Waals surface area contributed by atoms with E-state index in [1.807, 2.05) is 91.0 Å². The maximum atomic E-state index is 15.1. The SMILES string of the molecule is O=C(O)c1c(-c2ccc[nH]c2=O)c2c3ncsc3ccc2n1Cc1cc2ccccc2nc1Cl.O=C(O)c1c(-c2ccc[nH]c2=O)c2c3occc3c(F)cc2n1Cc1cc(Cl)nc2ccccc12.O=C(O)c1c(-c2ccc[nH]c2=O)c2c3occc3c(F)cc2n1Cc1cc2c(=O)[nH]cnc2cc1F.O=C1CC=CC=C1c1c(C(=O)O)n(Cc2cc3ccccc3nc2Cl)c2cc(F)c3ccoc3c12. The summed E-state index contributed by atoms with van der Waals surface area (Å²) in [5, 5.41) is 46.6. The quantitative estimate of drug-likeness (QED) is 0.0329. The molecular weight excluding hydrogens is 1890 g/mol. The molecule has 1 aliphatic carbocycles.